The Labute approximate surface area is 156 Å². The Bertz CT molecular complexity index is 885. The molecule has 13 nitrogen and oxygen atoms in total. The minimum Gasteiger partial charge on any atom is -0.387 e. The number of amides is 1. The normalized spacial score (nSPS) is 28.1. The summed E-state index contributed by atoms with van der Waals surface area (Å²) >= 11 is 0. The van der Waals surface area contributed by atoms with Crippen LogP contribution in [-0.4, -0.2) is 65.3 Å². The Balaban J connectivity index is 1.85. The van der Waals surface area contributed by atoms with E-state index in [2.05, 4.69) is 10.3 Å². The molecule has 1 fully saturated rings. The predicted octanol–water partition coefficient (Wildman–Crippen LogP) is -1.96. The number of non-ortho nitro benzene ring substituents is 1. The number of nitrogens with two attached hydrogens (primary N) is 1. The van der Waals surface area contributed by atoms with Gasteiger partial charge in [0.1, 0.15) is 18.4 Å². The average Bonchev–Trinajstić information content (AvgIpc) is 3.23. The molecule has 1 aromatic carbocycles. The van der Waals surface area contributed by atoms with Crippen molar-refractivity contribution in [1.29, 1.82) is 0 Å². The summed E-state index contributed by atoms with van der Waals surface area (Å²) in [5, 5.41) is 53.3. The largest absolute Gasteiger partial charge is 0.387 e. The first-order valence-electron chi connectivity index (χ1n) is 7.94. The monoisotopic (exact) mass is 395 g/mol. The van der Waals surface area contributed by atoms with E-state index in [-0.39, 0.29) is 11.4 Å². The molecule has 0 spiro atoms. The summed E-state index contributed by atoms with van der Waals surface area (Å²) in [4.78, 5) is 26.4. The lowest BCUT2D eigenvalue weighted by Crippen LogP contribution is -2.47. The Morgan fingerprint density at radius 3 is 2.57 bits per heavy atom. The smallest absolute Gasteiger partial charge is 0.291 e. The molecule has 0 bridgehead atoms. The van der Waals surface area contributed by atoms with E-state index in [4.69, 9.17) is 10.5 Å². The number of nitrogens with zero attached hydrogens (tertiary/aromatic N) is 3. The highest BCUT2D eigenvalue weighted by atomic mass is 16.7. The van der Waals surface area contributed by atoms with Crippen molar-refractivity contribution in [3.8, 4) is 0 Å². The van der Waals surface area contributed by atoms with E-state index in [1.807, 2.05) is 0 Å². The summed E-state index contributed by atoms with van der Waals surface area (Å²) in [6, 6.07) is 4.96. The zero-order valence-corrected chi connectivity index (χ0v) is 14.1. The molecule has 0 aliphatic carbocycles. The number of benzene rings is 1. The van der Waals surface area contributed by atoms with Crippen molar-refractivity contribution >= 4 is 17.3 Å². The maximum Gasteiger partial charge on any atom is 0.291 e. The number of nitro groups is 1. The van der Waals surface area contributed by atoms with Crippen molar-refractivity contribution in [3.05, 3.63) is 52.6 Å². The zero-order chi connectivity index (χ0) is 20.6. The van der Waals surface area contributed by atoms with Crippen molar-refractivity contribution in [1.82, 2.24) is 9.55 Å². The number of nitrogens with one attached hydrogen (secondary N) is 1. The lowest BCUT2D eigenvalue weighted by Gasteiger charge is -2.28. The number of carbonyl (C=O) groups is 1. The number of nitro benzene ring substituents is 1. The topological polar surface area (TPSA) is 206 Å². The first-order valence-corrected chi connectivity index (χ1v) is 7.94. The molecule has 28 heavy (non-hydrogen) atoms. The number of aliphatic hydroxyl groups is 4. The number of aromatic nitrogens is 2. The molecular weight excluding hydrogens is 378 g/mol. The van der Waals surface area contributed by atoms with Gasteiger partial charge in [-0.15, -0.1) is 0 Å². The van der Waals surface area contributed by atoms with Gasteiger partial charge in [-0.25, -0.2) is 4.98 Å². The van der Waals surface area contributed by atoms with Gasteiger partial charge in [0.2, 0.25) is 5.82 Å². The van der Waals surface area contributed by atoms with Crippen molar-refractivity contribution in [3.63, 3.8) is 0 Å². The van der Waals surface area contributed by atoms with Gasteiger partial charge in [-0.1, -0.05) is 0 Å². The second kappa shape index (κ2) is 7.23. The predicted molar refractivity (Wildman–Crippen MR) is 90.6 cm³/mol. The number of hydrogen-bond acceptors (Lipinski definition) is 10. The molecule has 1 aliphatic rings. The quantitative estimate of drug-likeness (QED) is 0.187. The molecule has 150 valence electrons. The summed E-state index contributed by atoms with van der Waals surface area (Å²) in [7, 11) is 0. The fourth-order valence-electron chi connectivity index (χ4n) is 2.80. The second-order valence-corrected chi connectivity index (χ2v) is 6.05. The first-order chi connectivity index (χ1) is 13.1. The molecule has 2 heterocycles. The van der Waals surface area contributed by atoms with E-state index in [1.165, 1.54) is 24.3 Å². The Morgan fingerprint density at radius 2 is 2.04 bits per heavy atom. The molecule has 1 aromatic heterocycles. The van der Waals surface area contributed by atoms with Gasteiger partial charge in [0.15, 0.2) is 6.10 Å². The van der Waals surface area contributed by atoms with E-state index in [9.17, 15) is 35.3 Å². The van der Waals surface area contributed by atoms with Crippen LogP contribution in [0.4, 0.5) is 11.4 Å². The van der Waals surface area contributed by atoms with Gasteiger partial charge in [-0.3, -0.25) is 19.5 Å². The average molecular weight is 395 g/mol. The molecule has 1 saturated heterocycles. The number of imidazole rings is 1. The van der Waals surface area contributed by atoms with Crippen LogP contribution in [0.2, 0.25) is 0 Å². The zero-order valence-electron chi connectivity index (χ0n) is 14.1. The van der Waals surface area contributed by atoms with E-state index >= 15 is 0 Å². The maximum atomic E-state index is 12.5. The van der Waals surface area contributed by atoms with Gasteiger partial charge in [0, 0.05) is 30.2 Å². The van der Waals surface area contributed by atoms with Gasteiger partial charge in [-0.2, -0.15) is 0 Å². The van der Waals surface area contributed by atoms with Crippen molar-refractivity contribution in [2.24, 2.45) is 5.73 Å². The van der Waals surface area contributed by atoms with E-state index in [1.54, 1.807) is 0 Å². The van der Waals surface area contributed by atoms with Crippen molar-refractivity contribution in [2.75, 3.05) is 5.32 Å². The van der Waals surface area contributed by atoms with Gasteiger partial charge >= 0.3 is 0 Å². The molecule has 7 N–H and O–H groups in total. The lowest BCUT2D eigenvalue weighted by atomic mass is 10.1. The fraction of sp³-hybridized carbons (Fsp3) is 0.333. The van der Waals surface area contributed by atoms with Gasteiger partial charge in [0.25, 0.3) is 17.5 Å². The molecule has 13 heteroatoms. The van der Waals surface area contributed by atoms with Crippen LogP contribution in [0, 0.1) is 10.1 Å². The van der Waals surface area contributed by atoms with E-state index < -0.39 is 47.1 Å². The molecule has 0 radical (unpaired) electrons. The fourth-order valence-corrected chi connectivity index (χ4v) is 2.80. The number of anilines is 1. The standard InChI is InChI=1S/C15H17N5O8/c16-12(23)10-9(21)11(22)15(25,28-10)19-6-5-17-13(19)14(24)18-7-1-3-8(4-2-7)20(26)27/h1-6,9-12,21-23,25H,16H2,(H,18,24)/t9-,10+,11-,12?,15-/m1/s1. The third-order valence-corrected chi connectivity index (χ3v) is 4.22. The summed E-state index contributed by atoms with van der Waals surface area (Å²) in [6.07, 6.45) is -4.66. The molecule has 5 atom stereocenters. The molecular formula is C15H17N5O8. The molecule has 1 unspecified atom stereocenters. The van der Waals surface area contributed by atoms with Crippen LogP contribution in [0.5, 0.6) is 0 Å². The molecule has 3 rings (SSSR count). The minimum absolute atomic E-state index is 0.170. The van der Waals surface area contributed by atoms with Crippen molar-refractivity contribution in [2.45, 2.75) is 30.5 Å². The van der Waals surface area contributed by atoms with Crippen LogP contribution in [-0.2, 0) is 10.6 Å². The number of carbonyl (C=O) groups excluding carboxylic acids is 1. The molecule has 1 aliphatic heterocycles. The SMILES string of the molecule is NC(O)[C@H]1O[C@@](O)(n2ccnc2C(=O)Nc2ccc([N+](=O)[O-])cc2)[C@H](O)[C@@H]1O. The van der Waals surface area contributed by atoms with E-state index in [0.29, 0.717) is 0 Å². The lowest BCUT2D eigenvalue weighted by molar-refractivity contribution is -0.384. The summed E-state index contributed by atoms with van der Waals surface area (Å²) in [5.74, 6) is -3.86. The minimum atomic E-state index is -2.62. The summed E-state index contributed by atoms with van der Waals surface area (Å²) < 4.78 is 5.88. The van der Waals surface area contributed by atoms with Gasteiger partial charge in [0.05, 0.1) is 4.92 Å². The number of rotatable bonds is 5. The Morgan fingerprint density at radius 1 is 1.39 bits per heavy atom. The van der Waals surface area contributed by atoms with Crippen LogP contribution in [0.3, 0.4) is 0 Å². The molecule has 2 aromatic rings. The third-order valence-electron chi connectivity index (χ3n) is 4.22. The van der Waals surface area contributed by atoms with Crippen LogP contribution in [0.25, 0.3) is 0 Å². The maximum absolute atomic E-state index is 12.5. The van der Waals surface area contributed by atoms with Crippen LogP contribution in [0.1, 0.15) is 10.6 Å². The number of ether oxygens (including phenoxy) is 1. The highest BCUT2D eigenvalue weighted by molar-refractivity contribution is 6.01. The van der Waals surface area contributed by atoms with E-state index in [0.717, 1.165) is 17.0 Å². The third kappa shape index (κ3) is 3.33. The van der Waals surface area contributed by atoms with Crippen molar-refractivity contribution < 1.29 is 34.9 Å². The Hall–Kier alpha value is -2.94. The van der Waals surface area contributed by atoms with Gasteiger partial charge in [-0.05, 0) is 12.1 Å². The number of hydrogen-bond donors (Lipinski definition) is 6. The highest BCUT2D eigenvalue weighted by Gasteiger charge is 2.57. The number of aliphatic hydroxyl groups excluding tert-OH is 3. The Kier molecular flexibility index (Phi) is 5.12. The molecule has 0 saturated carbocycles. The second-order valence-electron chi connectivity index (χ2n) is 6.05. The molecule has 1 amide bonds. The summed E-state index contributed by atoms with van der Waals surface area (Å²) in [5.41, 5.74) is 5.29. The van der Waals surface area contributed by atoms with Crippen LogP contribution >= 0.6 is 0 Å². The summed E-state index contributed by atoms with van der Waals surface area (Å²) in [6.45, 7) is 0. The van der Waals surface area contributed by atoms with Crippen LogP contribution in [0.15, 0.2) is 36.7 Å². The van der Waals surface area contributed by atoms with Gasteiger partial charge < -0.3 is 36.2 Å². The van der Waals surface area contributed by atoms with Crippen LogP contribution < -0.4 is 11.1 Å². The highest BCUT2D eigenvalue weighted by Crippen LogP contribution is 2.35. The first kappa shape index (κ1) is 19.8.